The number of nitrogens with one attached hydrogen (secondary N) is 1. The Labute approximate surface area is 158 Å². The van der Waals surface area contributed by atoms with Crippen molar-refractivity contribution in [1.29, 1.82) is 0 Å². The number of amides is 1. The van der Waals surface area contributed by atoms with Gasteiger partial charge in [0.1, 0.15) is 11.3 Å². The predicted molar refractivity (Wildman–Crippen MR) is 97.3 cm³/mol. The molecule has 0 bridgehead atoms. The van der Waals surface area contributed by atoms with Crippen molar-refractivity contribution in [2.45, 2.75) is 19.1 Å². The zero-order chi connectivity index (χ0) is 20.3. The molecule has 1 aromatic heterocycles. The smallest absolute Gasteiger partial charge is 0.416 e. The summed E-state index contributed by atoms with van der Waals surface area (Å²) in [6.45, 7) is 1.49. The van der Waals surface area contributed by atoms with Gasteiger partial charge in [0.05, 0.1) is 17.7 Å². The number of alkyl halides is 3. The maximum Gasteiger partial charge on any atom is 0.416 e. The van der Waals surface area contributed by atoms with E-state index in [1.807, 2.05) is 0 Å². The molecule has 3 aromatic rings. The first kappa shape index (κ1) is 19.6. The van der Waals surface area contributed by atoms with Crippen LogP contribution in [-0.2, 0) is 6.18 Å². The summed E-state index contributed by atoms with van der Waals surface area (Å²) < 4.78 is 43.7. The number of carbonyl (C=O) groups excluding carboxylic acids is 1. The monoisotopic (exact) mass is 390 g/mol. The minimum Gasteiger partial charge on any atom is -0.455 e. The number of halogens is 3. The van der Waals surface area contributed by atoms with Gasteiger partial charge in [-0.1, -0.05) is 12.1 Å². The summed E-state index contributed by atoms with van der Waals surface area (Å²) in [5.41, 5.74) is 0.0253. The summed E-state index contributed by atoms with van der Waals surface area (Å²) in [5, 5.41) is 12.3. The normalized spacial score (nSPS) is 12.6. The van der Waals surface area contributed by atoms with E-state index < -0.39 is 17.8 Å². The molecule has 0 saturated heterocycles. The topological polar surface area (TPSA) is 71.5 Å². The number of nitrogens with zero attached hydrogens (tertiary/aromatic N) is 1. The lowest BCUT2D eigenvalue weighted by molar-refractivity contribution is -0.137. The fourth-order valence-electron chi connectivity index (χ4n) is 2.53. The number of aliphatic hydroxyl groups is 1. The standard InChI is InChI=1S/C20H17F3N2O3/c1-12(11-26)25-19(27)14-9-13-3-2-4-17(18(13)24-10-14)28-16-7-5-15(6-8-16)20(21,22)23/h2-10,12,26H,11H2,1H3,(H,25,27). The highest BCUT2D eigenvalue weighted by molar-refractivity contribution is 5.98. The predicted octanol–water partition coefficient (Wildman–Crippen LogP) is 4.16. The molecule has 5 nitrogen and oxygen atoms in total. The zero-order valence-corrected chi connectivity index (χ0v) is 14.8. The van der Waals surface area contributed by atoms with Crippen LogP contribution in [0.25, 0.3) is 10.9 Å². The zero-order valence-electron chi connectivity index (χ0n) is 14.8. The van der Waals surface area contributed by atoms with Crippen LogP contribution in [0.3, 0.4) is 0 Å². The average molecular weight is 390 g/mol. The van der Waals surface area contributed by atoms with Gasteiger partial charge in [-0.05, 0) is 43.3 Å². The van der Waals surface area contributed by atoms with Gasteiger partial charge in [0.15, 0.2) is 5.75 Å². The maximum absolute atomic E-state index is 12.7. The minimum absolute atomic E-state index is 0.183. The highest BCUT2D eigenvalue weighted by atomic mass is 19.4. The maximum atomic E-state index is 12.7. The number of hydrogen-bond donors (Lipinski definition) is 2. The highest BCUT2D eigenvalue weighted by Gasteiger charge is 2.30. The molecule has 146 valence electrons. The van der Waals surface area contributed by atoms with Crippen LogP contribution in [0.15, 0.2) is 54.7 Å². The molecular weight excluding hydrogens is 373 g/mol. The lowest BCUT2D eigenvalue weighted by Crippen LogP contribution is -2.35. The number of pyridine rings is 1. The first-order valence-electron chi connectivity index (χ1n) is 8.43. The van der Waals surface area contributed by atoms with E-state index in [2.05, 4.69) is 10.3 Å². The number of aromatic nitrogens is 1. The Morgan fingerprint density at radius 3 is 2.57 bits per heavy atom. The number of ether oxygens (including phenoxy) is 1. The van der Waals surface area contributed by atoms with E-state index in [-0.39, 0.29) is 18.3 Å². The van der Waals surface area contributed by atoms with E-state index in [1.54, 1.807) is 31.2 Å². The number of fused-ring (bicyclic) bond motifs is 1. The SMILES string of the molecule is CC(CO)NC(=O)c1cnc2c(Oc3ccc(C(F)(F)F)cc3)cccc2c1. The summed E-state index contributed by atoms with van der Waals surface area (Å²) in [5.74, 6) is 0.221. The molecule has 1 amide bonds. The van der Waals surface area contributed by atoms with E-state index in [9.17, 15) is 18.0 Å². The molecule has 0 saturated carbocycles. The Morgan fingerprint density at radius 1 is 1.21 bits per heavy atom. The van der Waals surface area contributed by atoms with Crippen LogP contribution < -0.4 is 10.1 Å². The summed E-state index contributed by atoms with van der Waals surface area (Å²) in [4.78, 5) is 16.4. The third kappa shape index (κ3) is 4.40. The van der Waals surface area contributed by atoms with Gasteiger partial charge in [-0.25, -0.2) is 0 Å². The van der Waals surface area contributed by atoms with Crippen LogP contribution >= 0.6 is 0 Å². The molecule has 0 aliphatic heterocycles. The molecule has 2 aromatic carbocycles. The van der Waals surface area contributed by atoms with Gasteiger partial charge in [0.2, 0.25) is 0 Å². The summed E-state index contributed by atoms with van der Waals surface area (Å²) >= 11 is 0. The van der Waals surface area contributed by atoms with Crippen molar-refractivity contribution in [3.8, 4) is 11.5 Å². The van der Waals surface area contributed by atoms with Crippen LogP contribution in [0.1, 0.15) is 22.8 Å². The Kier molecular flexibility index (Phi) is 5.51. The van der Waals surface area contributed by atoms with Gasteiger partial charge in [0, 0.05) is 17.6 Å². The molecule has 1 heterocycles. The third-order valence-electron chi connectivity index (χ3n) is 4.00. The molecule has 0 radical (unpaired) electrons. The van der Waals surface area contributed by atoms with Crippen molar-refractivity contribution in [2.75, 3.05) is 6.61 Å². The molecule has 1 atom stereocenters. The van der Waals surface area contributed by atoms with Gasteiger partial charge < -0.3 is 15.2 Å². The lowest BCUT2D eigenvalue weighted by Gasteiger charge is -2.12. The van der Waals surface area contributed by atoms with Gasteiger partial charge in [-0.2, -0.15) is 13.2 Å². The van der Waals surface area contributed by atoms with Crippen molar-refractivity contribution < 1.29 is 27.8 Å². The van der Waals surface area contributed by atoms with Crippen LogP contribution in [0.4, 0.5) is 13.2 Å². The van der Waals surface area contributed by atoms with E-state index in [4.69, 9.17) is 9.84 Å². The Hall–Kier alpha value is -3.13. The molecule has 8 heteroatoms. The molecule has 0 spiro atoms. The van der Waals surface area contributed by atoms with Crippen molar-refractivity contribution in [3.05, 3.63) is 65.9 Å². The van der Waals surface area contributed by atoms with Crippen molar-refractivity contribution in [2.24, 2.45) is 0 Å². The van der Waals surface area contributed by atoms with E-state index in [0.717, 1.165) is 12.1 Å². The highest BCUT2D eigenvalue weighted by Crippen LogP contribution is 2.33. The van der Waals surface area contributed by atoms with Gasteiger partial charge in [-0.15, -0.1) is 0 Å². The molecule has 2 N–H and O–H groups in total. The van der Waals surface area contributed by atoms with Gasteiger partial charge in [0.25, 0.3) is 5.91 Å². The van der Waals surface area contributed by atoms with E-state index >= 15 is 0 Å². The minimum atomic E-state index is -4.41. The molecule has 3 rings (SSSR count). The number of aliphatic hydroxyl groups excluding tert-OH is 1. The average Bonchev–Trinajstić information content (AvgIpc) is 2.67. The van der Waals surface area contributed by atoms with E-state index in [0.29, 0.717) is 22.2 Å². The molecule has 0 aliphatic rings. The number of carbonyl (C=O) groups is 1. The fourth-order valence-corrected chi connectivity index (χ4v) is 2.53. The summed E-state index contributed by atoms with van der Waals surface area (Å²) in [6.07, 6.45) is -3.04. The summed E-state index contributed by atoms with van der Waals surface area (Å²) in [6, 6.07) is 10.7. The summed E-state index contributed by atoms with van der Waals surface area (Å²) in [7, 11) is 0. The van der Waals surface area contributed by atoms with Crippen molar-refractivity contribution in [1.82, 2.24) is 10.3 Å². The first-order chi connectivity index (χ1) is 13.3. The Bertz CT molecular complexity index is 988. The molecular formula is C20H17F3N2O3. The Balaban J connectivity index is 1.85. The quantitative estimate of drug-likeness (QED) is 0.686. The third-order valence-corrected chi connectivity index (χ3v) is 4.00. The molecule has 28 heavy (non-hydrogen) atoms. The van der Waals surface area contributed by atoms with Crippen LogP contribution in [-0.4, -0.2) is 28.6 Å². The van der Waals surface area contributed by atoms with Crippen LogP contribution in [0.5, 0.6) is 11.5 Å². The van der Waals surface area contributed by atoms with Crippen LogP contribution in [0, 0.1) is 0 Å². The lowest BCUT2D eigenvalue weighted by atomic mass is 10.1. The second-order valence-corrected chi connectivity index (χ2v) is 6.23. The van der Waals surface area contributed by atoms with E-state index in [1.165, 1.54) is 18.3 Å². The molecule has 0 aliphatic carbocycles. The fraction of sp³-hybridized carbons (Fsp3) is 0.200. The number of hydrogen-bond acceptors (Lipinski definition) is 4. The van der Waals surface area contributed by atoms with Crippen LogP contribution in [0.2, 0.25) is 0 Å². The second-order valence-electron chi connectivity index (χ2n) is 6.23. The second kappa shape index (κ2) is 7.85. The molecule has 1 unspecified atom stereocenters. The molecule has 0 fully saturated rings. The number of rotatable bonds is 5. The van der Waals surface area contributed by atoms with Gasteiger partial charge in [-0.3, -0.25) is 9.78 Å². The van der Waals surface area contributed by atoms with Crippen molar-refractivity contribution >= 4 is 16.8 Å². The van der Waals surface area contributed by atoms with Crippen molar-refractivity contribution in [3.63, 3.8) is 0 Å². The number of benzene rings is 2. The Morgan fingerprint density at radius 2 is 1.93 bits per heavy atom. The largest absolute Gasteiger partial charge is 0.455 e. The van der Waals surface area contributed by atoms with Gasteiger partial charge >= 0.3 is 6.18 Å². The number of para-hydroxylation sites is 1. The first-order valence-corrected chi connectivity index (χ1v) is 8.43.